The summed E-state index contributed by atoms with van der Waals surface area (Å²) >= 11 is 1.81. The third-order valence-corrected chi connectivity index (χ3v) is 7.63. The molecule has 0 radical (unpaired) electrons. The van der Waals surface area contributed by atoms with Crippen molar-refractivity contribution in [1.82, 2.24) is 14.8 Å². The number of halogens is 1. The van der Waals surface area contributed by atoms with Gasteiger partial charge < -0.3 is 9.80 Å². The molecule has 3 aromatic rings. The molecule has 5 rings (SSSR count). The summed E-state index contributed by atoms with van der Waals surface area (Å²) in [6.07, 6.45) is 2.12. The number of anilines is 1. The maximum absolute atomic E-state index is 13.1. The normalized spacial score (nSPS) is 18.6. The van der Waals surface area contributed by atoms with Crippen molar-refractivity contribution in [2.45, 2.75) is 18.8 Å². The number of thiazole rings is 1. The number of piperazine rings is 1. The van der Waals surface area contributed by atoms with Gasteiger partial charge in [0.2, 0.25) is 5.91 Å². The van der Waals surface area contributed by atoms with Crippen LogP contribution >= 0.6 is 11.3 Å². The SMILES string of the molecule is O=C(CN1CCC(c2nc3ccccc3s2)CC1)N1CCN(c2ccc(F)cc2)CC1. The summed E-state index contributed by atoms with van der Waals surface area (Å²) in [5.41, 5.74) is 2.12. The lowest BCUT2D eigenvalue weighted by atomic mass is 9.97. The lowest BCUT2D eigenvalue weighted by Crippen LogP contribution is -2.51. The highest BCUT2D eigenvalue weighted by atomic mass is 32.1. The lowest BCUT2D eigenvalue weighted by molar-refractivity contribution is -0.133. The van der Waals surface area contributed by atoms with Gasteiger partial charge in [0.05, 0.1) is 21.8 Å². The minimum absolute atomic E-state index is 0.218. The summed E-state index contributed by atoms with van der Waals surface area (Å²) < 4.78 is 14.4. The number of aromatic nitrogens is 1. The molecule has 7 heteroatoms. The molecule has 2 aliphatic heterocycles. The van der Waals surface area contributed by atoms with E-state index < -0.39 is 0 Å². The molecule has 2 fully saturated rings. The molecule has 5 nitrogen and oxygen atoms in total. The van der Waals surface area contributed by atoms with E-state index in [-0.39, 0.29) is 11.7 Å². The van der Waals surface area contributed by atoms with Gasteiger partial charge in [-0.25, -0.2) is 9.37 Å². The number of hydrogen-bond acceptors (Lipinski definition) is 5. The lowest BCUT2D eigenvalue weighted by Gasteiger charge is -2.38. The van der Waals surface area contributed by atoms with Crippen LogP contribution < -0.4 is 4.90 Å². The van der Waals surface area contributed by atoms with Gasteiger partial charge in [0, 0.05) is 37.8 Å². The molecular formula is C24H27FN4OS. The number of amides is 1. The Kier molecular flexibility index (Phi) is 5.87. The molecule has 1 amide bonds. The van der Waals surface area contributed by atoms with E-state index in [1.54, 1.807) is 0 Å². The fourth-order valence-corrected chi connectivity index (χ4v) is 5.70. The summed E-state index contributed by atoms with van der Waals surface area (Å²) in [5.74, 6) is 0.504. The highest BCUT2D eigenvalue weighted by Gasteiger charge is 2.27. The third-order valence-electron chi connectivity index (χ3n) is 6.43. The number of likely N-dealkylation sites (tertiary alicyclic amines) is 1. The molecule has 3 heterocycles. The molecule has 0 atom stereocenters. The summed E-state index contributed by atoms with van der Waals surface area (Å²) in [7, 11) is 0. The molecule has 0 bridgehead atoms. The van der Waals surface area contributed by atoms with Crippen LogP contribution in [0.4, 0.5) is 10.1 Å². The van der Waals surface area contributed by atoms with Crippen molar-refractivity contribution >= 4 is 33.1 Å². The highest BCUT2D eigenvalue weighted by Crippen LogP contribution is 2.33. The minimum atomic E-state index is -0.218. The van der Waals surface area contributed by atoms with Crippen LogP contribution in [0.15, 0.2) is 48.5 Å². The summed E-state index contributed by atoms with van der Waals surface area (Å²) in [6.45, 7) is 5.41. The molecular weight excluding hydrogens is 411 g/mol. The number of carbonyl (C=O) groups excluding carboxylic acids is 1. The Hall–Kier alpha value is -2.51. The van der Waals surface area contributed by atoms with Crippen molar-refractivity contribution in [1.29, 1.82) is 0 Å². The number of fused-ring (bicyclic) bond motifs is 1. The molecule has 0 N–H and O–H groups in total. The number of hydrogen-bond donors (Lipinski definition) is 0. The van der Waals surface area contributed by atoms with E-state index in [9.17, 15) is 9.18 Å². The Bertz CT molecular complexity index is 1000. The minimum Gasteiger partial charge on any atom is -0.368 e. The number of rotatable bonds is 4. The number of benzene rings is 2. The summed E-state index contributed by atoms with van der Waals surface area (Å²) in [6, 6.07) is 14.9. The topological polar surface area (TPSA) is 39.7 Å². The summed E-state index contributed by atoms with van der Waals surface area (Å²) in [5, 5.41) is 1.24. The third kappa shape index (κ3) is 4.57. The van der Waals surface area contributed by atoms with E-state index in [1.807, 2.05) is 34.4 Å². The zero-order valence-corrected chi connectivity index (χ0v) is 18.4. The maximum Gasteiger partial charge on any atom is 0.236 e. The van der Waals surface area contributed by atoms with Gasteiger partial charge in [-0.3, -0.25) is 9.69 Å². The van der Waals surface area contributed by atoms with Crippen LogP contribution in [0.25, 0.3) is 10.2 Å². The molecule has 0 unspecified atom stereocenters. The first-order chi connectivity index (χ1) is 15.2. The van der Waals surface area contributed by atoms with Gasteiger partial charge in [-0.1, -0.05) is 12.1 Å². The fraction of sp³-hybridized carbons (Fsp3) is 0.417. The first kappa shape index (κ1) is 20.4. The van der Waals surface area contributed by atoms with Crippen LogP contribution in [-0.4, -0.2) is 66.5 Å². The van der Waals surface area contributed by atoms with Gasteiger partial charge in [-0.05, 0) is 62.3 Å². The second-order valence-corrected chi connectivity index (χ2v) is 9.48. The monoisotopic (exact) mass is 438 g/mol. The zero-order chi connectivity index (χ0) is 21.2. The molecule has 1 aromatic heterocycles. The largest absolute Gasteiger partial charge is 0.368 e. The second-order valence-electron chi connectivity index (χ2n) is 8.41. The first-order valence-electron chi connectivity index (χ1n) is 11.0. The number of carbonyl (C=O) groups is 1. The van der Waals surface area contributed by atoms with Crippen molar-refractivity contribution in [2.75, 3.05) is 50.7 Å². The molecule has 0 aliphatic carbocycles. The molecule has 0 spiro atoms. The molecule has 2 aliphatic rings. The van der Waals surface area contributed by atoms with E-state index in [2.05, 4.69) is 28.0 Å². The molecule has 0 saturated carbocycles. The van der Waals surface area contributed by atoms with Crippen molar-refractivity contribution in [3.8, 4) is 0 Å². The average Bonchev–Trinajstić information content (AvgIpc) is 3.24. The van der Waals surface area contributed by atoms with E-state index >= 15 is 0 Å². The van der Waals surface area contributed by atoms with Crippen molar-refractivity contribution in [3.05, 3.63) is 59.4 Å². The van der Waals surface area contributed by atoms with Crippen LogP contribution in [0.1, 0.15) is 23.8 Å². The predicted octanol–water partition coefficient (Wildman–Crippen LogP) is 3.96. The van der Waals surface area contributed by atoms with Gasteiger partial charge in [0.1, 0.15) is 5.82 Å². The van der Waals surface area contributed by atoms with Crippen molar-refractivity contribution in [3.63, 3.8) is 0 Å². The molecule has 2 saturated heterocycles. The molecule has 162 valence electrons. The van der Waals surface area contributed by atoms with Gasteiger partial charge in [0.25, 0.3) is 0 Å². The van der Waals surface area contributed by atoms with Gasteiger partial charge in [0.15, 0.2) is 0 Å². The van der Waals surface area contributed by atoms with Gasteiger partial charge in [-0.2, -0.15) is 0 Å². The van der Waals surface area contributed by atoms with E-state index in [0.717, 1.165) is 63.3 Å². The second kappa shape index (κ2) is 8.93. The van der Waals surface area contributed by atoms with Crippen LogP contribution in [0.5, 0.6) is 0 Å². The average molecular weight is 439 g/mol. The van der Waals surface area contributed by atoms with Crippen molar-refractivity contribution in [2.24, 2.45) is 0 Å². The van der Waals surface area contributed by atoms with E-state index in [0.29, 0.717) is 12.5 Å². The van der Waals surface area contributed by atoms with Crippen LogP contribution in [0.3, 0.4) is 0 Å². The van der Waals surface area contributed by atoms with E-state index in [4.69, 9.17) is 4.98 Å². The standard InChI is InChI=1S/C24H27FN4OS/c25-19-5-7-20(8-6-19)28-13-15-29(16-14-28)23(30)17-27-11-9-18(10-12-27)24-26-21-3-1-2-4-22(21)31-24/h1-8,18H,9-17H2. The quantitative estimate of drug-likeness (QED) is 0.618. The first-order valence-corrected chi connectivity index (χ1v) is 11.8. The number of piperidine rings is 1. The maximum atomic E-state index is 13.1. The smallest absolute Gasteiger partial charge is 0.236 e. The number of nitrogens with zero attached hydrogens (tertiary/aromatic N) is 4. The summed E-state index contributed by atoms with van der Waals surface area (Å²) in [4.78, 5) is 24.1. The Morgan fingerprint density at radius 3 is 2.39 bits per heavy atom. The Morgan fingerprint density at radius 1 is 0.968 bits per heavy atom. The fourth-order valence-electron chi connectivity index (χ4n) is 4.56. The highest BCUT2D eigenvalue weighted by molar-refractivity contribution is 7.18. The molecule has 2 aromatic carbocycles. The number of para-hydroxylation sites is 1. The Morgan fingerprint density at radius 2 is 1.68 bits per heavy atom. The van der Waals surface area contributed by atoms with Crippen LogP contribution in [0.2, 0.25) is 0 Å². The zero-order valence-electron chi connectivity index (χ0n) is 17.5. The van der Waals surface area contributed by atoms with E-state index in [1.165, 1.54) is 21.8 Å². The van der Waals surface area contributed by atoms with Crippen molar-refractivity contribution < 1.29 is 9.18 Å². The Balaban J connectivity index is 1.10. The van der Waals surface area contributed by atoms with Crippen LogP contribution in [-0.2, 0) is 4.79 Å². The molecule has 31 heavy (non-hydrogen) atoms. The van der Waals surface area contributed by atoms with Gasteiger partial charge in [-0.15, -0.1) is 11.3 Å². The predicted molar refractivity (Wildman–Crippen MR) is 123 cm³/mol. The Labute approximate surface area is 186 Å². The van der Waals surface area contributed by atoms with Crippen LogP contribution in [0, 0.1) is 5.82 Å². The van der Waals surface area contributed by atoms with Gasteiger partial charge >= 0.3 is 0 Å².